The first kappa shape index (κ1) is 13.8. The molecule has 0 saturated carbocycles. The number of carboxylic acid groups (broad SMARTS) is 1. The molecule has 0 aliphatic carbocycles. The lowest BCUT2D eigenvalue weighted by atomic mass is 10.2. The summed E-state index contributed by atoms with van der Waals surface area (Å²) in [6, 6.07) is 0. The Morgan fingerprint density at radius 2 is 2.00 bits per heavy atom. The van der Waals surface area contributed by atoms with E-state index >= 15 is 0 Å². The molecule has 0 atom stereocenters. The molecule has 14 heavy (non-hydrogen) atoms. The Hall–Kier alpha value is -0.220. The number of hydrogen-bond acceptors (Lipinski definition) is 3. The van der Waals surface area contributed by atoms with Gasteiger partial charge >= 0.3 is 5.97 Å². The Labute approximate surface area is 91.0 Å². The molecule has 0 heterocycles. The second-order valence-electron chi connectivity index (χ2n) is 3.24. The van der Waals surface area contributed by atoms with Gasteiger partial charge < -0.3 is 5.11 Å². The lowest BCUT2D eigenvalue weighted by Crippen LogP contribution is -2.23. The predicted molar refractivity (Wildman–Crippen MR) is 61.5 cm³/mol. The standard InChI is InChI=1S/C10H21NO2S/c1-3-5-6-7-8-14-11(4-2)9-10(12)13/h3-9H2,1-2H3,(H,12,13). The van der Waals surface area contributed by atoms with Gasteiger partial charge in [0.2, 0.25) is 0 Å². The van der Waals surface area contributed by atoms with Crippen LogP contribution in [0.5, 0.6) is 0 Å². The second-order valence-corrected chi connectivity index (χ2v) is 4.43. The van der Waals surface area contributed by atoms with Crippen LogP contribution in [0, 0.1) is 0 Å². The molecule has 0 aliphatic heterocycles. The molecule has 0 rings (SSSR count). The van der Waals surface area contributed by atoms with Gasteiger partial charge in [0.05, 0.1) is 0 Å². The van der Waals surface area contributed by atoms with E-state index in [1.807, 2.05) is 11.2 Å². The van der Waals surface area contributed by atoms with Crippen molar-refractivity contribution in [2.24, 2.45) is 0 Å². The molecule has 0 aromatic heterocycles. The zero-order chi connectivity index (χ0) is 10.8. The molecule has 84 valence electrons. The Morgan fingerprint density at radius 1 is 1.29 bits per heavy atom. The number of carboxylic acids is 1. The van der Waals surface area contributed by atoms with Crippen molar-refractivity contribution in [3.8, 4) is 0 Å². The summed E-state index contributed by atoms with van der Waals surface area (Å²) >= 11 is 1.65. The van der Waals surface area contributed by atoms with Gasteiger partial charge in [0.15, 0.2) is 0 Å². The van der Waals surface area contributed by atoms with Crippen LogP contribution in [0.3, 0.4) is 0 Å². The number of likely N-dealkylation sites (N-methyl/N-ethyl adjacent to an activating group) is 1. The van der Waals surface area contributed by atoms with Gasteiger partial charge in [-0.25, -0.2) is 4.31 Å². The first-order valence-electron chi connectivity index (χ1n) is 5.30. The molecule has 0 aromatic rings. The van der Waals surface area contributed by atoms with E-state index in [4.69, 9.17) is 5.11 Å². The highest BCUT2D eigenvalue weighted by Gasteiger charge is 2.06. The summed E-state index contributed by atoms with van der Waals surface area (Å²) in [5.74, 6) is 0.300. The van der Waals surface area contributed by atoms with Crippen LogP contribution >= 0.6 is 11.9 Å². The summed E-state index contributed by atoms with van der Waals surface area (Å²) in [6.07, 6.45) is 4.98. The number of aliphatic carboxylic acids is 1. The average molecular weight is 219 g/mol. The fraction of sp³-hybridized carbons (Fsp3) is 0.900. The molecule has 0 saturated heterocycles. The largest absolute Gasteiger partial charge is 0.480 e. The molecule has 0 aliphatic rings. The Balaban J connectivity index is 3.38. The summed E-state index contributed by atoms with van der Waals surface area (Å²) in [4.78, 5) is 10.4. The third-order valence-corrected chi connectivity index (χ3v) is 3.16. The maximum Gasteiger partial charge on any atom is 0.318 e. The molecule has 1 N–H and O–H groups in total. The van der Waals surface area contributed by atoms with Crippen molar-refractivity contribution in [3.05, 3.63) is 0 Å². The normalized spacial score (nSPS) is 10.8. The van der Waals surface area contributed by atoms with Gasteiger partial charge in [-0.2, -0.15) is 0 Å². The number of unbranched alkanes of at least 4 members (excludes halogenated alkanes) is 3. The van der Waals surface area contributed by atoms with Crippen LogP contribution < -0.4 is 0 Å². The van der Waals surface area contributed by atoms with E-state index in [1.165, 1.54) is 25.7 Å². The van der Waals surface area contributed by atoms with Gasteiger partial charge in [-0.15, -0.1) is 0 Å². The van der Waals surface area contributed by atoms with Gasteiger partial charge in [0.25, 0.3) is 0 Å². The van der Waals surface area contributed by atoms with E-state index in [-0.39, 0.29) is 6.54 Å². The Morgan fingerprint density at radius 3 is 2.50 bits per heavy atom. The minimum Gasteiger partial charge on any atom is -0.480 e. The molecule has 0 fully saturated rings. The van der Waals surface area contributed by atoms with Crippen LogP contribution in [0.1, 0.15) is 39.5 Å². The van der Waals surface area contributed by atoms with Gasteiger partial charge in [0, 0.05) is 12.3 Å². The predicted octanol–water partition coefficient (Wildman–Crippen LogP) is 2.62. The first-order valence-corrected chi connectivity index (χ1v) is 6.24. The molecule has 4 heteroatoms. The van der Waals surface area contributed by atoms with Crippen molar-refractivity contribution in [2.75, 3.05) is 18.8 Å². The van der Waals surface area contributed by atoms with Gasteiger partial charge in [-0.1, -0.05) is 45.1 Å². The molecular formula is C10H21NO2S. The number of hydrogen-bond donors (Lipinski definition) is 1. The summed E-state index contributed by atoms with van der Waals surface area (Å²) < 4.78 is 1.90. The molecule has 0 bridgehead atoms. The van der Waals surface area contributed by atoms with E-state index in [1.54, 1.807) is 11.9 Å². The molecule has 0 spiro atoms. The van der Waals surface area contributed by atoms with Crippen molar-refractivity contribution in [1.82, 2.24) is 4.31 Å². The van der Waals surface area contributed by atoms with Gasteiger partial charge in [-0.05, 0) is 6.42 Å². The average Bonchev–Trinajstić information content (AvgIpc) is 2.15. The lowest BCUT2D eigenvalue weighted by molar-refractivity contribution is -0.137. The zero-order valence-electron chi connectivity index (χ0n) is 9.16. The molecular weight excluding hydrogens is 198 g/mol. The van der Waals surface area contributed by atoms with E-state index in [9.17, 15) is 4.79 Å². The maximum absolute atomic E-state index is 10.4. The van der Waals surface area contributed by atoms with Crippen LogP contribution in [-0.4, -0.2) is 34.2 Å². The summed E-state index contributed by atoms with van der Waals surface area (Å²) in [5, 5.41) is 8.60. The van der Waals surface area contributed by atoms with Crippen LogP contribution in [0.25, 0.3) is 0 Å². The Bertz CT molecular complexity index is 153. The van der Waals surface area contributed by atoms with Gasteiger partial charge in [0.1, 0.15) is 6.54 Å². The van der Waals surface area contributed by atoms with E-state index in [2.05, 4.69) is 6.92 Å². The van der Waals surface area contributed by atoms with Crippen LogP contribution in [0.2, 0.25) is 0 Å². The molecule has 3 nitrogen and oxygen atoms in total. The fourth-order valence-electron chi connectivity index (χ4n) is 1.12. The van der Waals surface area contributed by atoms with Crippen molar-refractivity contribution >= 4 is 17.9 Å². The van der Waals surface area contributed by atoms with E-state index < -0.39 is 5.97 Å². The van der Waals surface area contributed by atoms with E-state index in [0.29, 0.717) is 0 Å². The fourth-order valence-corrected chi connectivity index (χ4v) is 2.10. The Kier molecular flexibility index (Phi) is 9.19. The summed E-state index contributed by atoms with van der Waals surface area (Å²) in [7, 11) is 0. The zero-order valence-corrected chi connectivity index (χ0v) is 9.98. The highest BCUT2D eigenvalue weighted by Crippen LogP contribution is 2.12. The smallest absolute Gasteiger partial charge is 0.318 e. The number of rotatable bonds is 9. The lowest BCUT2D eigenvalue weighted by Gasteiger charge is -2.16. The second kappa shape index (κ2) is 9.34. The summed E-state index contributed by atoms with van der Waals surface area (Å²) in [5.41, 5.74) is 0. The topological polar surface area (TPSA) is 40.5 Å². The van der Waals surface area contributed by atoms with Crippen LogP contribution in [0.15, 0.2) is 0 Å². The summed E-state index contributed by atoms with van der Waals surface area (Å²) in [6.45, 7) is 5.12. The highest BCUT2D eigenvalue weighted by molar-refractivity contribution is 7.97. The minimum atomic E-state index is -0.743. The molecule has 0 unspecified atom stereocenters. The SMILES string of the molecule is CCCCCCSN(CC)CC(=O)O. The molecule has 0 radical (unpaired) electrons. The molecule has 0 aromatic carbocycles. The molecule has 0 amide bonds. The van der Waals surface area contributed by atoms with Crippen molar-refractivity contribution in [1.29, 1.82) is 0 Å². The minimum absolute atomic E-state index is 0.148. The number of nitrogens with zero attached hydrogens (tertiary/aromatic N) is 1. The third kappa shape index (κ3) is 8.38. The monoisotopic (exact) mass is 219 g/mol. The first-order chi connectivity index (χ1) is 6.70. The maximum atomic E-state index is 10.4. The van der Waals surface area contributed by atoms with Crippen molar-refractivity contribution < 1.29 is 9.90 Å². The van der Waals surface area contributed by atoms with Crippen LogP contribution in [0.4, 0.5) is 0 Å². The van der Waals surface area contributed by atoms with Gasteiger partial charge in [-0.3, -0.25) is 4.79 Å². The third-order valence-electron chi connectivity index (χ3n) is 1.94. The highest BCUT2D eigenvalue weighted by atomic mass is 32.2. The van der Waals surface area contributed by atoms with Crippen molar-refractivity contribution in [2.45, 2.75) is 39.5 Å². The number of carbonyl (C=O) groups is 1. The van der Waals surface area contributed by atoms with E-state index in [0.717, 1.165) is 12.3 Å². The quantitative estimate of drug-likeness (QED) is 0.478. The van der Waals surface area contributed by atoms with Crippen molar-refractivity contribution in [3.63, 3.8) is 0 Å². The van der Waals surface area contributed by atoms with Crippen LogP contribution in [-0.2, 0) is 4.79 Å².